The van der Waals surface area contributed by atoms with Gasteiger partial charge in [-0.3, -0.25) is 4.90 Å². The van der Waals surface area contributed by atoms with Gasteiger partial charge in [0, 0.05) is 25.7 Å². The molecular formula is C14H19N7. The van der Waals surface area contributed by atoms with Gasteiger partial charge in [-0.15, -0.1) is 5.10 Å². The van der Waals surface area contributed by atoms with Crippen molar-refractivity contribution in [2.45, 2.75) is 51.7 Å². The molecule has 0 radical (unpaired) electrons. The number of nitrogens with zero attached hydrogens (tertiary/aromatic N) is 7. The summed E-state index contributed by atoms with van der Waals surface area (Å²) in [5, 5.41) is 12.1. The molecule has 2 aromatic heterocycles. The Hall–Kier alpha value is -1.89. The Kier molecular flexibility index (Phi) is 3.14. The summed E-state index contributed by atoms with van der Waals surface area (Å²) in [4.78, 5) is 11.4. The fraction of sp³-hybridized carbons (Fsp3) is 0.643. The number of fused-ring (bicyclic) bond motifs is 1. The highest BCUT2D eigenvalue weighted by Crippen LogP contribution is 2.34. The first-order valence-corrected chi connectivity index (χ1v) is 7.66. The van der Waals surface area contributed by atoms with Gasteiger partial charge < -0.3 is 0 Å². The van der Waals surface area contributed by atoms with Crippen molar-refractivity contribution in [2.24, 2.45) is 0 Å². The molecule has 1 aliphatic heterocycles. The fourth-order valence-electron chi connectivity index (χ4n) is 2.82. The Morgan fingerprint density at radius 2 is 2.24 bits per heavy atom. The van der Waals surface area contributed by atoms with Crippen molar-refractivity contribution in [3.8, 4) is 0 Å². The van der Waals surface area contributed by atoms with Crippen LogP contribution in [-0.2, 0) is 25.9 Å². The second-order valence-electron chi connectivity index (χ2n) is 5.84. The molecule has 2 aromatic rings. The number of rotatable bonds is 4. The molecule has 1 saturated carbocycles. The summed E-state index contributed by atoms with van der Waals surface area (Å²) in [6.45, 7) is 4.77. The Bertz CT molecular complexity index is 647. The molecule has 21 heavy (non-hydrogen) atoms. The third kappa shape index (κ3) is 2.53. The van der Waals surface area contributed by atoms with Crippen LogP contribution in [0.15, 0.2) is 6.20 Å². The van der Waals surface area contributed by atoms with E-state index < -0.39 is 0 Å². The Labute approximate surface area is 123 Å². The van der Waals surface area contributed by atoms with Crippen LogP contribution in [0.2, 0.25) is 0 Å². The zero-order chi connectivity index (χ0) is 14.2. The van der Waals surface area contributed by atoms with Crippen LogP contribution < -0.4 is 0 Å². The average molecular weight is 285 g/mol. The van der Waals surface area contributed by atoms with Crippen LogP contribution in [0.3, 0.4) is 0 Å². The lowest BCUT2D eigenvalue weighted by Gasteiger charge is -2.27. The van der Waals surface area contributed by atoms with E-state index in [9.17, 15) is 0 Å². The number of aryl methyl sites for hydroxylation is 1. The van der Waals surface area contributed by atoms with E-state index in [1.807, 2.05) is 10.9 Å². The normalized spacial score (nSPS) is 18.7. The molecule has 110 valence electrons. The molecule has 0 bridgehead atoms. The first-order valence-electron chi connectivity index (χ1n) is 7.66. The molecule has 4 rings (SSSR count). The van der Waals surface area contributed by atoms with Crippen LogP contribution in [0.1, 0.15) is 48.7 Å². The van der Waals surface area contributed by atoms with Crippen LogP contribution in [0, 0.1) is 0 Å². The van der Waals surface area contributed by atoms with Gasteiger partial charge >= 0.3 is 0 Å². The third-order valence-electron chi connectivity index (χ3n) is 4.21. The Balaban J connectivity index is 1.51. The molecule has 0 spiro atoms. The quantitative estimate of drug-likeness (QED) is 0.831. The topological polar surface area (TPSA) is 72.6 Å². The Morgan fingerprint density at radius 3 is 3.05 bits per heavy atom. The highest BCUT2D eigenvalue weighted by atomic mass is 15.6. The fourth-order valence-corrected chi connectivity index (χ4v) is 2.82. The molecule has 0 atom stereocenters. The van der Waals surface area contributed by atoms with E-state index in [-0.39, 0.29) is 0 Å². The van der Waals surface area contributed by atoms with Crippen molar-refractivity contribution < 1.29 is 0 Å². The maximum absolute atomic E-state index is 4.67. The summed E-state index contributed by atoms with van der Waals surface area (Å²) < 4.78 is 1.99. The predicted octanol–water partition coefficient (Wildman–Crippen LogP) is 0.919. The van der Waals surface area contributed by atoms with Crippen molar-refractivity contribution in [1.29, 1.82) is 0 Å². The van der Waals surface area contributed by atoms with Gasteiger partial charge in [-0.2, -0.15) is 0 Å². The van der Waals surface area contributed by atoms with E-state index in [2.05, 4.69) is 37.3 Å². The second-order valence-corrected chi connectivity index (χ2v) is 5.84. The monoisotopic (exact) mass is 285 g/mol. The van der Waals surface area contributed by atoms with E-state index in [1.54, 1.807) is 0 Å². The van der Waals surface area contributed by atoms with Crippen LogP contribution in [-0.4, -0.2) is 41.6 Å². The highest BCUT2D eigenvalue weighted by molar-refractivity contribution is 5.20. The minimum atomic E-state index is 0.529. The lowest BCUT2D eigenvalue weighted by Crippen LogP contribution is -2.32. The van der Waals surface area contributed by atoms with Gasteiger partial charge in [0.1, 0.15) is 5.82 Å². The smallest absolute Gasteiger partial charge is 0.165 e. The molecule has 0 unspecified atom stereocenters. The lowest BCUT2D eigenvalue weighted by molar-refractivity contribution is 0.230. The molecule has 7 heteroatoms. The molecule has 2 aliphatic rings. The molecule has 0 amide bonds. The van der Waals surface area contributed by atoms with Crippen molar-refractivity contribution in [1.82, 2.24) is 35.1 Å². The van der Waals surface area contributed by atoms with Gasteiger partial charge in [0.2, 0.25) is 0 Å². The second kappa shape index (κ2) is 5.14. The molecule has 0 N–H and O–H groups in total. The summed E-state index contributed by atoms with van der Waals surface area (Å²) in [5.74, 6) is 1.91. The first kappa shape index (κ1) is 12.8. The van der Waals surface area contributed by atoms with E-state index in [0.717, 1.165) is 44.1 Å². The van der Waals surface area contributed by atoms with Crippen molar-refractivity contribution in [2.75, 3.05) is 6.54 Å². The van der Waals surface area contributed by atoms with Gasteiger partial charge in [-0.1, -0.05) is 6.92 Å². The van der Waals surface area contributed by atoms with Crippen LogP contribution >= 0.6 is 0 Å². The van der Waals surface area contributed by atoms with Gasteiger partial charge in [0.25, 0.3) is 0 Å². The maximum atomic E-state index is 4.67. The van der Waals surface area contributed by atoms with Crippen molar-refractivity contribution in [3.63, 3.8) is 0 Å². The molecule has 1 fully saturated rings. The van der Waals surface area contributed by atoms with Crippen LogP contribution in [0.4, 0.5) is 0 Å². The summed E-state index contributed by atoms with van der Waals surface area (Å²) in [6, 6.07) is 0.529. The number of hydrogen-bond acceptors (Lipinski definition) is 6. The van der Waals surface area contributed by atoms with Crippen LogP contribution in [0.5, 0.6) is 0 Å². The molecule has 7 nitrogen and oxygen atoms in total. The highest BCUT2D eigenvalue weighted by Gasteiger charge is 2.29. The number of tetrazole rings is 1. The average Bonchev–Trinajstić information content (AvgIpc) is 3.26. The van der Waals surface area contributed by atoms with Gasteiger partial charge in [0.05, 0.1) is 18.3 Å². The summed E-state index contributed by atoms with van der Waals surface area (Å²) in [7, 11) is 0. The first-order chi connectivity index (χ1) is 10.3. The summed E-state index contributed by atoms with van der Waals surface area (Å²) in [6.07, 6.45) is 6.28. The summed E-state index contributed by atoms with van der Waals surface area (Å²) in [5.41, 5.74) is 2.45. The Morgan fingerprint density at radius 1 is 1.33 bits per heavy atom. The maximum Gasteiger partial charge on any atom is 0.165 e. The van der Waals surface area contributed by atoms with Gasteiger partial charge in [0.15, 0.2) is 5.82 Å². The van der Waals surface area contributed by atoms with E-state index in [0.29, 0.717) is 6.04 Å². The van der Waals surface area contributed by atoms with Gasteiger partial charge in [-0.25, -0.2) is 14.6 Å². The molecule has 1 aliphatic carbocycles. The van der Waals surface area contributed by atoms with Crippen molar-refractivity contribution >= 4 is 0 Å². The number of aromatic nitrogens is 6. The number of hydrogen-bond donors (Lipinski definition) is 0. The molecule has 3 heterocycles. The standard InChI is InChI=1S/C14H19N7/c1-2-13-15-7-10-5-6-20(8-12(10)16-13)9-14-17-18-19-21(14)11-3-4-11/h7,11H,2-6,8-9H2,1H3. The van der Waals surface area contributed by atoms with E-state index in [4.69, 9.17) is 0 Å². The van der Waals surface area contributed by atoms with E-state index in [1.165, 1.54) is 24.1 Å². The minimum Gasteiger partial charge on any atom is -0.290 e. The van der Waals surface area contributed by atoms with Crippen LogP contribution in [0.25, 0.3) is 0 Å². The SMILES string of the molecule is CCc1ncc2c(n1)CN(Cc1nnnn1C1CC1)CC2. The minimum absolute atomic E-state index is 0.529. The largest absolute Gasteiger partial charge is 0.290 e. The van der Waals surface area contributed by atoms with E-state index >= 15 is 0 Å². The molecule has 0 aromatic carbocycles. The summed E-state index contributed by atoms with van der Waals surface area (Å²) >= 11 is 0. The zero-order valence-corrected chi connectivity index (χ0v) is 12.2. The predicted molar refractivity (Wildman–Crippen MR) is 75.3 cm³/mol. The van der Waals surface area contributed by atoms with Gasteiger partial charge in [-0.05, 0) is 35.3 Å². The zero-order valence-electron chi connectivity index (χ0n) is 12.2. The molecule has 0 saturated heterocycles. The van der Waals surface area contributed by atoms with Crippen molar-refractivity contribution in [3.05, 3.63) is 29.1 Å². The lowest BCUT2D eigenvalue weighted by atomic mass is 10.1. The molecular weight excluding hydrogens is 266 g/mol. The third-order valence-corrected chi connectivity index (χ3v) is 4.21.